The molecule has 0 aliphatic heterocycles. The van der Waals surface area contributed by atoms with Gasteiger partial charge in [0.25, 0.3) is 5.91 Å². The number of nitrogens with two attached hydrogens (primary N) is 2. The lowest BCUT2D eigenvalue weighted by Crippen LogP contribution is -2.50. The molecule has 0 saturated heterocycles. The third kappa shape index (κ3) is 8.73. The van der Waals surface area contributed by atoms with Crippen molar-refractivity contribution < 1.29 is 19.1 Å². The van der Waals surface area contributed by atoms with Gasteiger partial charge in [0.2, 0.25) is 11.9 Å². The van der Waals surface area contributed by atoms with Crippen LogP contribution in [0.5, 0.6) is 0 Å². The molecule has 2 aromatic carbocycles. The van der Waals surface area contributed by atoms with E-state index in [1.807, 2.05) is 45.0 Å². The number of ether oxygens (including phenoxy) is 1. The van der Waals surface area contributed by atoms with E-state index >= 15 is 0 Å². The van der Waals surface area contributed by atoms with E-state index in [2.05, 4.69) is 35.9 Å². The van der Waals surface area contributed by atoms with Crippen molar-refractivity contribution in [2.24, 2.45) is 17.6 Å². The lowest BCUT2D eigenvalue weighted by Gasteiger charge is -2.32. The van der Waals surface area contributed by atoms with Gasteiger partial charge >= 0.3 is 6.09 Å². The number of nitrogens with one attached hydrogen (secondary N) is 2. The first-order valence-corrected chi connectivity index (χ1v) is 15.6. The van der Waals surface area contributed by atoms with Gasteiger partial charge in [-0.2, -0.15) is 0 Å². The van der Waals surface area contributed by atoms with Crippen LogP contribution in [0.3, 0.4) is 0 Å². The molecule has 0 spiro atoms. The Morgan fingerprint density at radius 2 is 1.70 bits per heavy atom. The minimum Gasteiger partial charge on any atom is -0.444 e. The molecule has 246 valence electrons. The van der Waals surface area contributed by atoms with Crippen molar-refractivity contribution in [3.05, 3.63) is 66.5 Å². The van der Waals surface area contributed by atoms with Gasteiger partial charge in [-0.25, -0.2) is 24.8 Å². The molecule has 2 heterocycles. The number of rotatable bonds is 9. The van der Waals surface area contributed by atoms with E-state index in [1.165, 1.54) is 4.90 Å². The Morgan fingerprint density at radius 1 is 1.00 bits per heavy atom. The van der Waals surface area contributed by atoms with Crippen LogP contribution in [0.1, 0.15) is 52.0 Å². The predicted octanol–water partition coefficient (Wildman–Crippen LogP) is 3.67. The SMILES string of the molecule is CC(C)(C)OC(=O)NC[C@H]1CC[C@H](C(=O)N(C(=O)[C@@H](N)Cc2cccc(-c3cnc(N)nc3)c2)c2ccc(-c3nnn[nH]3)cc2)CC1. The fourth-order valence-corrected chi connectivity index (χ4v) is 5.62. The van der Waals surface area contributed by atoms with Crippen LogP contribution in [0.2, 0.25) is 0 Å². The zero-order valence-electron chi connectivity index (χ0n) is 26.7. The van der Waals surface area contributed by atoms with E-state index in [-0.39, 0.29) is 30.1 Å². The summed E-state index contributed by atoms with van der Waals surface area (Å²) in [5.41, 5.74) is 15.1. The highest BCUT2D eigenvalue weighted by atomic mass is 16.6. The molecular weight excluding hydrogens is 600 g/mol. The van der Waals surface area contributed by atoms with Crippen molar-refractivity contribution in [3.63, 3.8) is 0 Å². The van der Waals surface area contributed by atoms with E-state index in [0.29, 0.717) is 36.5 Å². The van der Waals surface area contributed by atoms with Crippen molar-refractivity contribution in [2.45, 2.75) is 64.5 Å². The summed E-state index contributed by atoms with van der Waals surface area (Å²) in [7, 11) is 0. The van der Waals surface area contributed by atoms with Gasteiger partial charge < -0.3 is 21.5 Å². The normalized spacial score (nSPS) is 17.0. The minimum atomic E-state index is -0.996. The molecule has 3 amide bonds. The maximum Gasteiger partial charge on any atom is 0.407 e. The Morgan fingerprint density at radius 3 is 2.34 bits per heavy atom. The van der Waals surface area contributed by atoms with Gasteiger partial charge in [0.15, 0.2) is 5.82 Å². The maximum absolute atomic E-state index is 14.1. The molecule has 0 unspecified atom stereocenters. The zero-order chi connectivity index (χ0) is 33.6. The summed E-state index contributed by atoms with van der Waals surface area (Å²) in [5, 5.41) is 16.7. The van der Waals surface area contributed by atoms with Gasteiger partial charge in [0.1, 0.15) is 5.60 Å². The number of aromatic nitrogens is 6. The van der Waals surface area contributed by atoms with Crippen molar-refractivity contribution >= 4 is 29.5 Å². The third-order valence-electron chi connectivity index (χ3n) is 8.02. The van der Waals surface area contributed by atoms with Gasteiger partial charge in [-0.15, -0.1) is 5.10 Å². The van der Waals surface area contributed by atoms with Crippen molar-refractivity contribution in [3.8, 4) is 22.5 Å². The van der Waals surface area contributed by atoms with Gasteiger partial charge in [0, 0.05) is 36.0 Å². The number of H-pyrrole nitrogens is 1. The van der Waals surface area contributed by atoms with Gasteiger partial charge in [0.05, 0.1) is 11.7 Å². The number of hydrogen-bond donors (Lipinski definition) is 4. The standard InChI is InChI=1S/C33H40N10O4/c1-33(2,3)47-32(46)38-17-20-7-9-23(10-8-20)29(44)43(26-13-11-22(12-14-26)28-39-41-42-40-28)30(45)27(34)16-21-5-4-6-24(15-21)25-18-36-31(35)37-19-25/h4-6,11-15,18-20,23,27H,7-10,16-17,34H2,1-3H3,(H,38,46)(H2,35,36,37)(H,39,40,41,42)/t20-,23-,27-/m0/s1. The summed E-state index contributed by atoms with van der Waals surface area (Å²) in [6.45, 7) is 5.91. The maximum atomic E-state index is 14.1. The molecule has 14 heteroatoms. The lowest BCUT2D eigenvalue weighted by molar-refractivity contribution is -0.130. The fourth-order valence-electron chi connectivity index (χ4n) is 5.62. The summed E-state index contributed by atoms with van der Waals surface area (Å²) in [5.74, 6) is -0.340. The third-order valence-corrected chi connectivity index (χ3v) is 8.02. The minimum absolute atomic E-state index is 0.179. The second-order valence-electron chi connectivity index (χ2n) is 12.7. The monoisotopic (exact) mass is 640 g/mol. The Labute approximate surface area is 272 Å². The van der Waals surface area contributed by atoms with Gasteiger partial charge in [-0.3, -0.25) is 9.59 Å². The van der Waals surface area contributed by atoms with E-state index in [0.717, 1.165) is 29.5 Å². The average molecular weight is 641 g/mol. The lowest BCUT2D eigenvalue weighted by atomic mass is 9.81. The fraction of sp³-hybridized carbons (Fsp3) is 0.394. The van der Waals surface area contributed by atoms with Crippen LogP contribution >= 0.6 is 0 Å². The molecule has 14 nitrogen and oxygen atoms in total. The number of hydrogen-bond acceptors (Lipinski definition) is 11. The largest absolute Gasteiger partial charge is 0.444 e. The summed E-state index contributed by atoms with van der Waals surface area (Å²) >= 11 is 0. The molecule has 2 aromatic heterocycles. The van der Waals surface area contributed by atoms with E-state index in [4.69, 9.17) is 16.2 Å². The first-order chi connectivity index (χ1) is 22.5. The summed E-state index contributed by atoms with van der Waals surface area (Å²) in [4.78, 5) is 49.6. The van der Waals surface area contributed by atoms with E-state index < -0.39 is 23.6 Å². The van der Waals surface area contributed by atoms with Gasteiger partial charge in [-0.05, 0) is 105 Å². The first kappa shape index (κ1) is 33.1. The number of carbonyl (C=O) groups is 3. The number of tetrazole rings is 1. The van der Waals surface area contributed by atoms with E-state index in [1.54, 1.807) is 36.7 Å². The summed E-state index contributed by atoms with van der Waals surface area (Å²) in [6, 6.07) is 13.5. The highest BCUT2D eigenvalue weighted by Crippen LogP contribution is 2.32. The Balaban J connectivity index is 1.30. The predicted molar refractivity (Wildman–Crippen MR) is 175 cm³/mol. The summed E-state index contributed by atoms with van der Waals surface area (Å²) in [6.07, 6.45) is 5.61. The molecule has 0 bridgehead atoms. The van der Waals surface area contributed by atoms with Crippen LogP contribution in [0.4, 0.5) is 16.4 Å². The van der Waals surface area contributed by atoms with Crippen LogP contribution in [0, 0.1) is 11.8 Å². The molecule has 47 heavy (non-hydrogen) atoms. The average Bonchev–Trinajstić information content (AvgIpc) is 3.59. The summed E-state index contributed by atoms with van der Waals surface area (Å²) < 4.78 is 5.34. The quantitative estimate of drug-likeness (QED) is 0.207. The topological polar surface area (TPSA) is 208 Å². The highest BCUT2D eigenvalue weighted by Gasteiger charge is 2.35. The molecule has 1 aliphatic carbocycles. The van der Waals surface area contributed by atoms with Crippen molar-refractivity contribution in [1.82, 2.24) is 35.9 Å². The molecule has 1 aliphatic rings. The van der Waals surface area contributed by atoms with Crippen LogP contribution in [-0.2, 0) is 20.7 Å². The van der Waals surface area contributed by atoms with Crippen LogP contribution in [0.25, 0.3) is 22.5 Å². The second kappa shape index (κ2) is 14.5. The molecule has 1 fully saturated rings. The number of amides is 3. The van der Waals surface area contributed by atoms with Crippen molar-refractivity contribution in [2.75, 3.05) is 17.2 Å². The smallest absolute Gasteiger partial charge is 0.407 e. The van der Waals surface area contributed by atoms with Gasteiger partial charge in [-0.1, -0.05) is 24.3 Å². The Bertz CT molecular complexity index is 1660. The molecule has 4 aromatic rings. The second-order valence-corrected chi connectivity index (χ2v) is 12.7. The highest BCUT2D eigenvalue weighted by molar-refractivity contribution is 6.17. The zero-order valence-corrected chi connectivity index (χ0v) is 26.7. The molecule has 0 radical (unpaired) electrons. The number of nitrogens with zero attached hydrogens (tertiary/aromatic N) is 6. The number of nitrogen functional groups attached to an aromatic ring is 1. The number of benzene rings is 2. The number of imide groups is 1. The van der Waals surface area contributed by atoms with Crippen LogP contribution in [0.15, 0.2) is 60.9 Å². The molecule has 1 atom stereocenters. The van der Waals surface area contributed by atoms with Crippen LogP contribution < -0.4 is 21.7 Å². The molecule has 6 N–H and O–H groups in total. The van der Waals surface area contributed by atoms with E-state index in [9.17, 15) is 14.4 Å². The number of aromatic amines is 1. The number of carbonyl (C=O) groups excluding carboxylic acids is 3. The Hall–Kier alpha value is -5.24. The number of anilines is 2. The number of alkyl carbamates (subject to hydrolysis) is 1. The molecule has 1 saturated carbocycles. The molecule has 5 rings (SSSR count). The Kier molecular flexibility index (Phi) is 10.2. The van der Waals surface area contributed by atoms with Crippen molar-refractivity contribution in [1.29, 1.82) is 0 Å². The first-order valence-electron chi connectivity index (χ1n) is 15.6. The van der Waals surface area contributed by atoms with Crippen LogP contribution in [-0.4, -0.2) is 66.7 Å². The molecular formula is C33H40N10O4.